The Morgan fingerprint density at radius 1 is 1.32 bits per heavy atom. The van der Waals surface area contributed by atoms with Crippen LogP contribution in [0.5, 0.6) is 0 Å². The molecule has 0 radical (unpaired) electrons. The number of halogens is 1. The van der Waals surface area contributed by atoms with E-state index in [1.807, 2.05) is 30.1 Å². The van der Waals surface area contributed by atoms with Crippen molar-refractivity contribution in [1.82, 2.24) is 9.78 Å². The predicted octanol–water partition coefficient (Wildman–Crippen LogP) is 3.50. The summed E-state index contributed by atoms with van der Waals surface area (Å²) in [7, 11) is 1.94. The average molecular weight is 278 g/mol. The third-order valence-corrected chi connectivity index (χ3v) is 3.48. The molecule has 0 bridgehead atoms. The lowest BCUT2D eigenvalue weighted by molar-refractivity contribution is 0.554. The molecule has 19 heavy (non-hydrogen) atoms. The van der Waals surface area contributed by atoms with Gasteiger partial charge in [0.05, 0.1) is 5.69 Å². The van der Waals surface area contributed by atoms with Crippen molar-refractivity contribution >= 4 is 11.6 Å². The lowest BCUT2D eigenvalue weighted by Gasteiger charge is -2.17. The maximum atomic E-state index is 6.25. The van der Waals surface area contributed by atoms with Gasteiger partial charge in [-0.3, -0.25) is 4.68 Å². The lowest BCUT2D eigenvalue weighted by atomic mass is 9.87. The predicted molar refractivity (Wildman–Crippen MR) is 80.2 cm³/mol. The zero-order valence-corrected chi connectivity index (χ0v) is 12.6. The summed E-state index contributed by atoms with van der Waals surface area (Å²) in [4.78, 5) is 0. The molecule has 1 aromatic heterocycles. The van der Waals surface area contributed by atoms with Crippen LogP contribution in [0.4, 0.5) is 0 Å². The van der Waals surface area contributed by atoms with E-state index in [4.69, 9.17) is 17.3 Å². The highest BCUT2D eigenvalue weighted by molar-refractivity contribution is 6.31. The van der Waals surface area contributed by atoms with Crippen LogP contribution in [0.3, 0.4) is 0 Å². The normalized spacial score (nSPS) is 11.9. The Hall–Kier alpha value is -1.32. The minimum Gasteiger partial charge on any atom is -0.326 e. The molecule has 1 aromatic carbocycles. The first kappa shape index (κ1) is 14.1. The van der Waals surface area contributed by atoms with Gasteiger partial charge in [0, 0.05) is 35.8 Å². The van der Waals surface area contributed by atoms with Crippen LogP contribution in [-0.4, -0.2) is 9.78 Å². The summed E-state index contributed by atoms with van der Waals surface area (Å²) in [6.45, 7) is 6.94. The summed E-state index contributed by atoms with van der Waals surface area (Å²) in [5.74, 6) is 0. The van der Waals surface area contributed by atoms with Crippen LogP contribution in [-0.2, 0) is 19.0 Å². The lowest BCUT2D eigenvalue weighted by Crippen LogP contribution is -2.13. The summed E-state index contributed by atoms with van der Waals surface area (Å²) in [6.07, 6.45) is 2.04. The molecule has 0 saturated carbocycles. The highest BCUT2D eigenvalue weighted by atomic mass is 35.5. The number of hydrogen-bond acceptors (Lipinski definition) is 2. The SMILES string of the molecule is Cn1cc(-c2ccc(CN)c(Cl)c2)c(C(C)(C)C)n1. The third kappa shape index (κ3) is 2.82. The van der Waals surface area contributed by atoms with Crippen LogP contribution in [0.25, 0.3) is 11.1 Å². The second-order valence-corrected chi connectivity index (χ2v) is 6.23. The first-order chi connectivity index (χ1) is 8.82. The van der Waals surface area contributed by atoms with E-state index in [-0.39, 0.29) is 5.41 Å². The monoisotopic (exact) mass is 277 g/mol. The number of nitrogens with zero attached hydrogens (tertiary/aromatic N) is 2. The van der Waals surface area contributed by atoms with Crippen LogP contribution in [0.15, 0.2) is 24.4 Å². The molecule has 102 valence electrons. The maximum absolute atomic E-state index is 6.25. The fourth-order valence-corrected chi connectivity index (χ4v) is 2.39. The van der Waals surface area contributed by atoms with Crippen molar-refractivity contribution in [1.29, 1.82) is 0 Å². The van der Waals surface area contributed by atoms with Crippen molar-refractivity contribution in [3.05, 3.63) is 40.7 Å². The van der Waals surface area contributed by atoms with Gasteiger partial charge in [-0.15, -0.1) is 0 Å². The van der Waals surface area contributed by atoms with Crippen molar-refractivity contribution in [3.63, 3.8) is 0 Å². The van der Waals surface area contributed by atoms with Crippen LogP contribution in [0.1, 0.15) is 32.0 Å². The van der Waals surface area contributed by atoms with Crippen LogP contribution < -0.4 is 5.73 Å². The summed E-state index contributed by atoms with van der Waals surface area (Å²) >= 11 is 6.25. The van der Waals surface area contributed by atoms with Crippen molar-refractivity contribution in [3.8, 4) is 11.1 Å². The van der Waals surface area contributed by atoms with E-state index in [9.17, 15) is 0 Å². The van der Waals surface area contributed by atoms with E-state index >= 15 is 0 Å². The van der Waals surface area contributed by atoms with Gasteiger partial charge in [-0.2, -0.15) is 5.10 Å². The van der Waals surface area contributed by atoms with Gasteiger partial charge >= 0.3 is 0 Å². The molecule has 4 heteroatoms. The van der Waals surface area contributed by atoms with E-state index in [1.165, 1.54) is 0 Å². The number of hydrogen-bond donors (Lipinski definition) is 1. The van der Waals surface area contributed by atoms with Crippen molar-refractivity contribution in [2.24, 2.45) is 12.8 Å². The number of nitrogens with two attached hydrogens (primary N) is 1. The smallest absolute Gasteiger partial charge is 0.0756 e. The summed E-state index contributed by atoms with van der Waals surface area (Å²) < 4.78 is 1.85. The van der Waals surface area contributed by atoms with Gasteiger partial charge < -0.3 is 5.73 Å². The first-order valence-electron chi connectivity index (χ1n) is 6.36. The Bertz CT molecular complexity index is 594. The van der Waals surface area contributed by atoms with Gasteiger partial charge in [-0.25, -0.2) is 0 Å². The van der Waals surface area contributed by atoms with Gasteiger partial charge in [0.15, 0.2) is 0 Å². The van der Waals surface area contributed by atoms with Gasteiger partial charge in [0.1, 0.15) is 0 Å². The minimum absolute atomic E-state index is 0.00436. The molecule has 2 N–H and O–H groups in total. The van der Waals surface area contributed by atoms with Crippen LogP contribution in [0, 0.1) is 0 Å². The maximum Gasteiger partial charge on any atom is 0.0756 e. The molecule has 0 unspecified atom stereocenters. The first-order valence-corrected chi connectivity index (χ1v) is 6.73. The highest BCUT2D eigenvalue weighted by Crippen LogP contribution is 2.33. The van der Waals surface area contributed by atoms with Crippen molar-refractivity contribution in [2.75, 3.05) is 0 Å². The Kier molecular flexibility index (Phi) is 3.70. The second kappa shape index (κ2) is 4.99. The molecule has 3 nitrogen and oxygen atoms in total. The Labute approximate surface area is 119 Å². The Balaban J connectivity index is 2.56. The molecular formula is C15H20ClN3. The van der Waals surface area contributed by atoms with Crippen LogP contribution in [0.2, 0.25) is 5.02 Å². The summed E-state index contributed by atoms with van der Waals surface area (Å²) in [5.41, 5.74) is 9.89. The minimum atomic E-state index is -0.00436. The fourth-order valence-electron chi connectivity index (χ4n) is 2.13. The van der Waals surface area contributed by atoms with Gasteiger partial charge in [-0.1, -0.05) is 44.5 Å². The highest BCUT2D eigenvalue weighted by Gasteiger charge is 2.22. The Morgan fingerprint density at radius 3 is 2.53 bits per heavy atom. The topological polar surface area (TPSA) is 43.8 Å². The molecule has 1 heterocycles. The molecule has 0 fully saturated rings. The van der Waals surface area contributed by atoms with Gasteiger partial charge in [0.25, 0.3) is 0 Å². The largest absolute Gasteiger partial charge is 0.326 e. The van der Waals surface area contributed by atoms with E-state index in [0.717, 1.165) is 22.4 Å². The van der Waals surface area contributed by atoms with E-state index in [0.29, 0.717) is 11.6 Å². The van der Waals surface area contributed by atoms with E-state index in [1.54, 1.807) is 0 Å². The molecule has 2 aromatic rings. The standard InChI is InChI=1S/C15H20ClN3/c1-15(2,3)14-12(9-19(4)18-14)10-5-6-11(8-17)13(16)7-10/h5-7,9H,8,17H2,1-4H3. The molecule has 0 aliphatic carbocycles. The van der Waals surface area contributed by atoms with Crippen molar-refractivity contribution < 1.29 is 0 Å². The number of aryl methyl sites for hydroxylation is 1. The van der Waals surface area contributed by atoms with Crippen molar-refractivity contribution in [2.45, 2.75) is 32.7 Å². The third-order valence-electron chi connectivity index (χ3n) is 3.12. The fraction of sp³-hybridized carbons (Fsp3) is 0.400. The average Bonchev–Trinajstić information content (AvgIpc) is 2.71. The zero-order valence-electron chi connectivity index (χ0n) is 11.9. The molecular weight excluding hydrogens is 258 g/mol. The zero-order chi connectivity index (χ0) is 14.2. The van der Waals surface area contributed by atoms with E-state index in [2.05, 4.69) is 31.9 Å². The quantitative estimate of drug-likeness (QED) is 0.913. The second-order valence-electron chi connectivity index (χ2n) is 5.83. The summed E-state index contributed by atoms with van der Waals surface area (Å²) in [5, 5.41) is 5.29. The number of aromatic nitrogens is 2. The molecule has 0 aliphatic rings. The van der Waals surface area contributed by atoms with E-state index < -0.39 is 0 Å². The molecule has 0 spiro atoms. The Morgan fingerprint density at radius 2 is 2.00 bits per heavy atom. The van der Waals surface area contributed by atoms with Gasteiger partial charge in [0.2, 0.25) is 0 Å². The molecule has 0 aliphatic heterocycles. The molecule has 0 atom stereocenters. The van der Waals surface area contributed by atoms with Gasteiger partial charge in [-0.05, 0) is 17.2 Å². The molecule has 2 rings (SSSR count). The summed E-state index contributed by atoms with van der Waals surface area (Å²) in [6, 6.07) is 6.01. The van der Waals surface area contributed by atoms with Crippen LogP contribution >= 0.6 is 11.6 Å². The molecule has 0 saturated heterocycles. The number of benzene rings is 1. The molecule has 0 amide bonds. The number of rotatable bonds is 2.